The van der Waals surface area contributed by atoms with Crippen molar-refractivity contribution in [2.24, 2.45) is 4.36 Å². The Hall–Kier alpha value is -2.52. The van der Waals surface area contributed by atoms with Crippen molar-refractivity contribution in [3.05, 3.63) is 36.2 Å². The van der Waals surface area contributed by atoms with Gasteiger partial charge in [-0.25, -0.2) is 9.19 Å². The second-order valence-corrected chi connectivity index (χ2v) is 9.93. The molecule has 1 atom stereocenters. The molecule has 0 unspecified atom stereocenters. The highest BCUT2D eigenvalue weighted by Gasteiger charge is 2.22. The standard InChI is InChI=1S/C19H24N6O2S/c1-13-5-6-15-16(9-13)25(12-20-15)19-21-17(23-28(3,4)26)10-18(22-19)24-7-8-27-11-14(24)2/h5-6,9-10,12,14H,7-8,11H2,1-4H3/t14-/m1/s1. The molecule has 1 aliphatic heterocycles. The predicted octanol–water partition coefficient (Wildman–Crippen LogP) is 2.71. The fraction of sp³-hybridized carbons (Fsp3) is 0.421. The van der Waals surface area contributed by atoms with Crippen LogP contribution in [0.3, 0.4) is 0 Å². The Balaban J connectivity index is 1.90. The summed E-state index contributed by atoms with van der Waals surface area (Å²) in [5, 5.41) is 0. The molecular formula is C19H24N6O2S. The molecule has 4 rings (SSSR count). The van der Waals surface area contributed by atoms with Crippen LogP contribution in [0.4, 0.5) is 11.6 Å². The molecule has 8 nitrogen and oxygen atoms in total. The zero-order valence-electron chi connectivity index (χ0n) is 16.5. The van der Waals surface area contributed by atoms with E-state index in [2.05, 4.69) is 32.2 Å². The number of morpholine rings is 1. The van der Waals surface area contributed by atoms with E-state index in [1.807, 2.05) is 23.6 Å². The maximum absolute atomic E-state index is 12.3. The molecule has 2 aromatic heterocycles. The van der Waals surface area contributed by atoms with Gasteiger partial charge in [-0.3, -0.25) is 4.57 Å². The van der Waals surface area contributed by atoms with Crippen molar-refractivity contribution in [3.8, 4) is 5.95 Å². The molecule has 0 radical (unpaired) electrons. The van der Waals surface area contributed by atoms with E-state index >= 15 is 0 Å². The van der Waals surface area contributed by atoms with Crippen LogP contribution in [0.2, 0.25) is 0 Å². The highest BCUT2D eigenvalue weighted by Crippen LogP contribution is 2.25. The average Bonchev–Trinajstić information content (AvgIpc) is 3.03. The lowest BCUT2D eigenvalue weighted by atomic mass is 10.2. The van der Waals surface area contributed by atoms with Gasteiger partial charge in [0.2, 0.25) is 5.95 Å². The van der Waals surface area contributed by atoms with Crippen molar-refractivity contribution in [2.75, 3.05) is 37.2 Å². The van der Waals surface area contributed by atoms with Crippen LogP contribution in [0.15, 0.2) is 35.0 Å². The van der Waals surface area contributed by atoms with Gasteiger partial charge in [-0.15, -0.1) is 0 Å². The monoisotopic (exact) mass is 400 g/mol. The van der Waals surface area contributed by atoms with Gasteiger partial charge < -0.3 is 9.64 Å². The first-order chi connectivity index (χ1) is 13.3. The van der Waals surface area contributed by atoms with Crippen molar-refractivity contribution in [1.29, 1.82) is 0 Å². The summed E-state index contributed by atoms with van der Waals surface area (Å²) < 4.78 is 24.0. The van der Waals surface area contributed by atoms with Crippen LogP contribution in [0.5, 0.6) is 0 Å². The first-order valence-corrected chi connectivity index (χ1v) is 11.5. The second kappa shape index (κ2) is 7.14. The third-order valence-corrected chi connectivity index (χ3v) is 5.21. The molecule has 148 valence electrons. The zero-order valence-corrected chi connectivity index (χ0v) is 17.3. The Morgan fingerprint density at radius 3 is 2.82 bits per heavy atom. The maximum atomic E-state index is 12.3. The summed E-state index contributed by atoms with van der Waals surface area (Å²) in [7, 11) is -2.36. The second-order valence-electron chi connectivity index (χ2n) is 7.38. The Morgan fingerprint density at radius 1 is 1.25 bits per heavy atom. The predicted molar refractivity (Wildman–Crippen MR) is 111 cm³/mol. The number of hydrogen-bond donors (Lipinski definition) is 0. The van der Waals surface area contributed by atoms with E-state index in [-0.39, 0.29) is 6.04 Å². The van der Waals surface area contributed by atoms with Gasteiger partial charge in [0.05, 0.1) is 30.3 Å². The lowest BCUT2D eigenvalue weighted by Crippen LogP contribution is -2.44. The molecule has 0 N–H and O–H groups in total. The van der Waals surface area contributed by atoms with Gasteiger partial charge in [-0.05, 0) is 31.5 Å². The third-order valence-electron chi connectivity index (χ3n) is 4.58. The van der Waals surface area contributed by atoms with Crippen LogP contribution >= 0.6 is 0 Å². The van der Waals surface area contributed by atoms with Crippen molar-refractivity contribution < 1.29 is 8.95 Å². The first-order valence-electron chi connectivity index (χ1n) is 9.15. The summed E-state index contributed by atoms with van der Waals surface area (Å²) >= 11 is 0. The third kappa shape index (κ3) is 3.85. The Morgan fingerprint density at radius 2 is 2.07 bits per heavy atom. The Bertz CT molecular complexity index is 1140. The molecule has 3 heterocycles. The van der Waals surface area contributed by atoms with E-state index in [1.165, 1.54) is 0 Å². The summed E-state index contributed by atoms with van der Waals surface area (Å²) in [6.45, 7) is 6.14. The smallest absolute Gasteiger partial charge is 0.239 e. The molecule has 1 aliphatic rings. The van der Waals surface area contributed by atoms with Crippen LogP contribution < -0.4 is 4.90 Å². The van der Waals surface area contributed by atoms with Crippen molar-refractivity contribution in [2.45, 2.75) is 19.9 Å². The fourth-order valence-electron chi connectivity index (χ4n) is 3.28. The summed E-state index contributed by atoms with van der Waals surface area (Å²) in [5.41, 5.74) is 2.92. The highest BCUT2D eigenvalue weighted by atomic mass is 32.2. The molecule has 0 aliphatic carbocycles. The molecule has 28 heavy (non-hydrogen) atoms. The van der Waals surface area contributed by atoms with E-state index in [1.54, 1.807) is 24.9 Å². The maximum Gasteiger partial charge on any atom is 0.239 e. The van der Waals surface area contributed by atoms with Crippen LogP contribution in [0, 0.1) is 6.92 Å². The Labute approximate surface area is 164 Å². The van der Waals surface area contributed by atoms with E-state index in [0.29, 0.717) is 25.0 Å². The van der Waals surface area contributed by atoms with Crippen LogP contribution in [-0.2, 0) is 14.5 Å². The number of ether oxygens (including phenoxy) is 1. The van der Waals surface area contributed by atoms with Crippen LogP contribution in [0.1, 0.15) is 12.5 Å². The van der Waals surface area contributed by atoms with Gasteiger partial charge in [-0.1, -0.05) is 6.07 Å². The summed E-state index contributed by atoms with van der Waals surface area (Å²) in [5.74, 6) is 1.62. The largest absolute Gasteiger partial charge is 0.377 e. The van der Waals surface area contributed by atoms with Gasteiger partial charge >= 0.3 is 0 Å². The quantitative estimate of drug-likeness (QED) is 0.672. The number of aryl methyl sites for hydroxylation is 1. The van der Waals surface area contributed by atoms with Crippen LogP contribution in [-0.4, -0.2) is 62.0 Å². The van der Waals surface area contributed by atoms with E-state index in [4.69, 9.17) is 9.72 Å². The van der Waals surface area contributed by atoms with Crippen molar-refractivity contribution in [3.63, 3.8) is 0 Å². The Kier molecular flexibility index (Phi) is 4.80. The summed E-state index contributed by atoms with van der Waals surface area (Å²) in [6, 6.07) is 8.03. The number of aromatic nitrogens is 4. The number of benzene rings is 1. The van der Waals surface area contributed by atoms with Gasteiger partial charge in [0.15, 0.2) is 5.82 Å². The first kappa shape index (κ1) is 18.8. The van der Waals surface area contributed by atoms with Crippen molar-refractivity contribution in [1.82, 2.24) is 19.5 Å². The molecule has 0 bridgehead atoms. The minimum Gasteiger partial charge on any atom is -0.377 e. The molecule has 1 fully saturated rings. The van der Waals surface area contributed by atoms with Gasteiger partial charge in [0.25, 0.3) is 0 Å². The SMILES string of the molecule is Cc1ccc2ncn(-c3nc(N=S(C)(C)=O)cc(N4CCOC[C@H]4C)n3)c2c1. The van der Waals surface area contributed by atoms with Crippen molar-refractivity contribution >= 4 is 32.4 Å². The number of hydrogen-bond acceptors (Lipinski definition) is 7. The van der Waals surface area contributed by atoms with E-state index in [9.17, 15) is 4.21 Å². The lowest BCUT2D eigenvalue weighted by Gasteiger charge is -2.34. The number of fused-ring (bicyclic) bond motifs is 1. The summed E-state index contributed by atoms with van der Waals surface area (Å²) in [6.07, 6.45) is 4.91. The minimum atomic E-state index is -2.36. The van der Waals surface area contributed by atoms with Gasteiger partial charge in [0.1, 0.15) is 12.1 Å². The zero-order chi connectivity index (χ0) is 19.9. The minimum absolute atomic E-state index is 0.179. The molecule has 9 heteroatoms. The lowest BCUT2D eigenvalue weighted by molar-refractivity contribution is 0.0985. The molecule has 1 saturated heterocycles. The van der Waals surface area contributed by atoms with E-state index < -0.39 is 9.73 Å². The molecule has 1 aromatic carbocycles. The topological polar surface area (TPSA) is 85.5 Å². The molecule has 0 saturated carbocycles. The molecule has 0 spiro atoms. The average molecular weight is 401 g/mol. The van der Waals surface area contributed by atoms with Crippen LogP contribution in [0.25, 0.3) is 17.0 Å². The van der Waals surface area contributed by atoms with E-state index in [0.717, 1.165) is 29.0 Å². The normalized spacial score (nSPS) is 17.9. The number of rotatable bonds is 3. The fourth-order valence-corrected chi connectivity index (χ4v) is 3.83. The highest BCUT2D eigenvalue weighted by molar-refractivity contribution is 7.92. The number of nitrogens with zero attached hydrogens (tertiary/aromatic N) is 6. The number of anilines is 1. The molecule has 3 aromatic rings. The van der Waals surface area contributed by atoms with Gasteiger partial charge in [0, 0.05) is 34.9 Å². The molecule has 0 amide bonds. The number of imidazole rings is 1. The molecular weight excluding hydrogens is 376 g/mol. The van der Waals surface area contributed by atoms with Gasteiger partial charge in [-0.2, -0.15) is 14.3 Å². The summed E-state index contributed by atoms with van der Waals surface area (Å²) in [4.78, 5) is 16.0.